The van der Waals surface area contributed by atoms with E-state index in [2.05, 4.69) is 10.1 Å². The van der Waals surface area contributed by atoms with Crippen LogP contribution in [0, 0.1) is 10.1 Å². The number of esters is 2. The van der Waals surface area contributed by atoms with Gasteiger partial charge in [0.25, 0.3) is 11.6 Å². The summed E-state index contributed by atoms with van der Waals surface area (Å²) in [7, 11) is 1.20. The van der Waals surface area contributed by atoms with Crippen LogP contribution in [-0.2, 0) is 19.1 Å². The Balaban J connectivity index is 2.39. The van der Waals surface area contributed by atoms with Gasteiger partial charge in [-0.1, -0.05) is 18.2 Å². The first-order chi connectivity index (χ1) is 15.7. The topological polar surface area (TPSA) is 168 Å². The molecular formula is C22H23N3O8. The first kappa shape index (κ1) is 25.0. The van der Waals surface area contributed by atoms with Gasteiger partial charge in [0.2, 0.25) is 5.91 Å². The molecule has 2 amide bonds. The summed E-state index contributed by atoms with van der Waals surface area (Å²) in [5, 5.41) is 13.4. The van der Waals surface area contributed by atoms with Crippen LogP contribution >= 0.6 is 0 Å². The number of nitro groups is 1. The minimum Gasteiger partial charge on any atom is -0.466 e. The van der Waals surface area contributed by atoms with Gasteiger partial charge in [0.05, 0.1) is 30.6 Å². The van der Waals surface area contributed by atoms with Crippen LogP contribution in [0.2, 0.25) is 0 Å². The number of primary amides is 1. The molecule has 0 spiro atoms. The molecular weight excluding hydrogens is 434 g/mol. The van der Waals surface area contributed by atoms with Crippen molar-refractivity contribution >= 4 is 29.4 Å². The number of hydrogen-bond acceptors (Lipinski definition) is 8. The zero-order chi connectivity index (χ0) is 24.5. The van der Waals surface area contributed by atoms with E-state index in [9.17, 15) is 29.3 Å². The summed E-state index contributed by atoms with van der Waals surface area (Å²) < 4.78 is 9.60. The van der Waals surface area contributed by atoms with Crippen molar-refractivity contribution in [1.29, 1.82) is 0 Å². The molecule has 0 aliphatic heterocycles. The van der Waals surface area contributed by atoms with Crippen molar-refractivity contribution in [3.63, 3.8) is 0 Å². The molecule has 0 fully saturated rings. The van der Waals surface area contributed by atoms with Gasteiger partial charge in [-0.3, -0.25) is 24.5 Å². The van der Waals surface area contributed by atoms with Crippen LogP contribution in [0.5, 0.6) is 0 Å². The molecule has 0 saturated heterocycles. The van der Waals surface area contributed by atoms with Gasteiger partial charge in [-0.2, -0.15) is 0 Å². The van der Waals surface area contributed by atoms with Gasteiger partial charge < -0.3 is 20.5 Å². The number of hydrogen-bond donors (Lipinski definition) is 2. The lowest BCUT2D eigenvalue weighted by Crippen LogP contribution is -2.48. The highest BCUT2D eigenvalue weighted by Gasteiger charge is 2.32. The molecule has 33 heavy (non-hydrogen) atoms. The van der Waals surface area contributed by atoms with Crippen molar-refractivity contribution in [2.45, 2.75) is 25.3 Å². The molecule has 0 aromatic heterocycles. The predicted octanol–water partition coefficient (Wildman–Crippen LogP) is 1.70. The minimum atomic E-state index is -1.36. The van der Waals surface area contributed by atoms with Crippen LogP contribution in [0.1, 0.15) is 45.5 Å². The molecule has 2 aromatic rings. The summed E-state index contributed by atoms with van der Waals surface area (Å²) in [4.78, 5) is 59.4. The Hall–Kier alpha value is -4.28. The fraction of sp³-hybridized carbons (Fsp3) is 0.273. The van der Waals surface area contributed by atoms with E-state index in [0.717, 1.165) is 0 Å². The van der Waals surface area contributed by atoms with Crippen molar-refractivity contribution in [1.82, 2.24) is 5.32 Å². The monoisotopic (exact) mass is 457 g/mol. The van der Waals surface area contributed by atoms with E-state index < -0.39 is 40.6 Å². The predicted molar refractivity (Wildman–Crippen MR) is 115 cm³/mol. The number of nitrogens with zero attached hydrogens (tertiary/aromatic N) is 1. The summed E-state index contributed by atoms with van der Waals surface area (Å²) in [6, 6.07) is 9.45. The van der Waals surface area contributed by atoms with Crippen LogP contribution in [0.3, 0.4) is 0 Å². The summed E-state index contributed by atoms with van der Waals surface area (Å²) in [5.41, 5.74) is 5.90. The minimum absolute atomic E-state index is 0.0581. The van der Waals surface area contributed by atoms with Crippen LogP contribution in [-0.4, -0.2) is 48.4 Å². The van der Waals surface area contributed by atoms with E-state index in [-0.39, 0.29) is 29.8 Å². The van der Waals surface area contributed by atoms with Gasteiger partial charge in [-0.25, -0.2) is 4.79 Å². The quantitative estimate of drug-likeness (QED) is 0.309. The standard InChI is InChI=1S/C22H23N3O8/c1-3-33-18(26)12-17(13-7-9-16(10-8-13)25(30)31)19(20(23)27)24-21(28)14-5-4-6-15(11-14)22(29)32-2/h4-11,17,19H,3,12H2,1-2H3,(H2,23,27)(H,24,28)/t17-,19+/m0/s1. The van der Waals surface area contributed by atoms with Gasteiger partial charge in [-0.05, 0) is 30.7 Å². The van der Waals surface area contributed by atoms with E-state index in [4.69, 9.17) is 10.5 Å². The van der Waals surface area contributed by atoms with Crippen LogP contribution < -0.4 is 11.1 Å². The van der Waals surface area contributed by atoms with Gasteiger partial charge in [0, 0.05) is 23.6 Å². The molecule has 11 heteroatoms. The molecule has 0 radical (unpaired) electrons. The van der Waals surface area contributed by atoms with Crippen LogP contribution in [0.4, 0.5) is 5.69 Å². The summed E-state index contributed by atoms with van der Waals surface area (Å²) >= 11 is 0. The fourth-order valence-electron chi connectivity index (χ4n) is 3.17. The first-order valence-corrected chi connectivity index (χ1v) is 9.86. The summed E-state index contributed by atoms with van der Waals surface area (Å²) in [6.07, 6.45) is -0.318. The second kappa shape index (κ2) is 11.4. The van der Waals surface area contributed by atoms with Crippen molar-refractivity contribution in [3.8, 4) is 0 Å². The molecule has 0 unspecified atom stereocenters. The van der Waals surface area contributed by atoms with E-state index in [1.165, 1.54) is 55.6 Å². The Morgan fingerprint density at radius 2 is 1.73 bits per heavy atom. The van der Waals surface area contributed by atoms with Gasteiger partial charge in [-0.15, -0.1) is 0 Å². The molecule has 0 aliphatic carbocycles. The third kappa shape index (κ3) is 6.60. The Morgan fingerprint density at radius 1 is 1.09 bits per heavy atom. The SMILES string of the molecule is CCOC(=O)C[C@@H](c1ccc([N+](=O)[O-])cc1)[C@@H](NC(=O)c1cccc(C(=O)OC)c1)C(N)=O. The molecule has 2 aromatic carbocycles. The Bertz CT molecular complexity index is 1050. The lowest BCUT2D eigenvalue weighted by molar-refractivity contribution is -0.384. The summed E-state index contributed by atoms with van der Waals surface area (Å²) in [5.74, 6) is -3.91. The molecule has 2 atom stereocenters. The van der Waals surface area contributed by atoms with E-state index in [1.807, 2.05) is 0 Å². The maximum absolute atomic E-state index is 12.8. The number of nitrogens with two attached hydrogens (primary N) is 1. The number of amides is 2. The normalized spacial score (nSPS) is 12.2. The number of non-ortho nitro benzene ring substituents is 1. The molecule has 2 rings (SSSR count). The lowest BCUT2D eigenvalue weighted by atomic mass is 9.87. The molecule has 11 nitrogen and oxygen atoms in total. The number of carbonyl (C=O) groups excluding carboxylic acids is 4. The number of nitro benzene ring substituents is 1. The number of nitrogens with one attached hydrogen (secondary N) is 1. The van der Waals surface area contributed by atoms with E-state index in [1.54, 1.807) is 6.92 Å². The third-order valence-corrected chi connectivity index (χ3v) is 4.77. The first-order valence-electron chi connectivity index (χ1n) is 9.86. The van der Waals surface area contributed by atoms with Gasteiger partial charge >= 0.3 is 11.9 Å². The molecule has 0 bridgehead atoms. The average Bonchev–Trinajstić information content (AvgIpc) is 2.80. The smallest absolute Gasteiger partial charge is 0.337 e. The third-order valence-electron chi connectivity index (χ3n) is 4.77. The van der Waals surface area contributed by atoms with Gasteiger partial charge in [0.15, 0.2) is 0 Å². The number of rotatable bonds is 10. The maximum Gasteiger partial charge on any atom is 0.337 e. The lowest BCUT2D eigenvalue weighted by Gasteiger charge is -2.25. The number of benzene rings is 2. The summed E-state index contributed by atoms with van der Waals surface area (Å²) in [6.45, 7) is 1.71. The Kier molecular flexibility index (Phi) is 8.61. The highest BCUT2D eigenvalue weighted by atomic mass is 16.6. The molecule has 3 N–H and O–H groups in total. The van der Waals surface area contributed by atoms with Crippen molar-refractivity contribution in [3.05, 3.63) is 75.3 Å². The Labute approximate surface area is 189 Å². The van der Waals surface area contributed by atoms with Crippen LogP contribution in [0.25, 0.3) is 0 Å². The molecule has 0 aliphatic rings. The number of methoxy groups -OCH3 is 1. The van der Waals surface area contributed by atoms with Gasteiger partial charge in [0.1, 0.15) is 6.04 Å². The highest BCUT2D eigenvalue weighted by Crippen LogP contribution is 2.27. The molecule has 0 saturated carbocycles. The zero-order valence-corrected chi connectivity index (χ0v) is 18.0. The second-order valence-electron chi connectivity index (χ2n) is 6.89. The van der Waals surface area contributed by atoms with Crippen molar-refractivity contribution < 1.29 is 33.6 Å². The second-order valence-corrected chi connectivity index (χ2v) is 6.89. The zero-order valence-electron chi connectivity index (χ0n) is 18.0. The van der Waals surface area contributed by atoms with Crippen molar-refractivity contribution in [2.75, 3.05) is 13.7 Å². The van der Waals surface area contributed by atoms with E-state index >= 15 is 0 Å². The average molecular weight is 457 g/mol. The Morgan fingerprint density at radius 3 is 2.27 bits per heavy atom. The largest absolute Gasteiger partial charge is 0.466 e. The highest BCUT2D eigenvalue weighted by molar-refractivity contribution is 6.00. The van der Waals surface area contributed by atoms with Crippen LogP contribution in [0.15, 0.2) is 48.5 Å². The number of carbonyl (C=O) groups is 4. The molecule has 174 valence electrons. The maximum atomic E-state index is 12.8. The molecule has 0 heterocycles. The fourth-order valence-corrected chi connectivity index (χ4v) is 3.17. The van der Waals surface area contributed by atoms with Crippen molar-refractivity contribution in [2.24, 2.45) is 5.73 Å². The van der Waals surface area contributed by atoms with E-state index in [0.29, 0.717) is 5.56 Å². The number of ether oxygens (including phenoxy) is 2.